The van der Waals surface area contributed by atoms with Crippen molar-refractivity contribution in [2.24, 2.45) is 0 Å². The van der Waals surface area contributed by atoms with E-state index in [2.05, 4.69) is 26.7 Å². The Morgan fingerprint density at radius 3 is 2.46 bits per heavy atom. The van der Waals surface area contributed by atoms with Crippen LogP contribution in [-0.2, 0) is 0 Å². The van der Waals surface area contributed by atoms with Gasteiger partial charge in [-0.1, -0.05) is 12.2 Å². The van der Waals surface area contributed by atoms with E-state index in [1.807, 2.05) is 18.2 Å². The number of hydrogen-bond donors (Lipinski definition) is 1. The zero-order chi connectivity index (χ0) is 9.26. The average molecular weight is 259 g/mol. The number of allylic oxidation sites excluding steroid dienone is 2. The molecule has 1 aliphatic rings. The fourth-order valence-corrected chi connectivity index (χ4v) is 2.92. The second-order valence-corrected chi connectivity index (χ2v) is 5.47. The van der Waals surface area contributed by atoms with Crippen molar-refractivity contribution in [2.45, 2.75) is 4.90 Å². The molecule has 0 aromatic heterocycles. The number of benzene rings is 1. The molecule has 0 saturated carbocycles. The number of hydrogen-bond acceptors (Lipinski definition) is 0. The zero-order valence-corrected chi connectivity index (χ0v) is 9.23. The molecule has 0 spiro atoms. The molecular formula is C10H8BrFS. The summed E-state index contributed by atoms with van der Waals surface area (Å²) >= 11 is 3.13. The molecule has 1 aliphatic heterocycles. The molecule has 1 aromatic rings. The Kier molecular flexibility index (Phi) is 2.56. The smallest absolute Gasteiger partial charge is 0.138 e. The van der Waals surface area contributed by atoms with E-state index in [1.165, 1.54) is 0 Å². The van der Waals surface area contributed by atoms with Gasteiger partial charge in [0, 0.05) is 0 Å². The van der Waals surface area contributed by atoms with E-state index < -0.39 is 10.9 Å². The van der Waals surface area contributed by atoms with Gasteiger partial charge >= 0.3 is 0 Å². The lowest BCUT2D eigenvalue weighted by atomic mass is 10.3. The summed E-state index contributed by atoms with van der Waals surface area (Å²) < 4.78 is 13.7. The van der Waals surface area contributed by atoms with Crippen molar-refractivity contribution in [1.29, 1.82) is 0 Å². The first-order valence-electron chi connectivity index (χ1n) is 3.86. The van der Waals surface area contributed by atoms with Crippen LogP contribution < -0.4 is 0 Å². The van der Waals surface area contributed by atoms with Gasteiger partial charge in [0.1, 0.15) is 5.82 Å². The molecule has 3 heteroatoms. The van der Waals surface area contributed by atoms with Crippen LogP contribution in [0.1, 0.15) is 0 Å². The third-order valence-electron chi connectivity index (χ3n) is 1.81. The summed E-state index contributed by atoms with van der Waals surface area (Å²) in [5.74, 6) is -0.186. The molecule has 0 bridgehead atoms. The summed E-state index contributed by atoms with van der Waals surface area (Å²) in [7, 11) is -0.391. The SMILES string of the molecule is Fc1cc([SH]2C=CC=C2)ccc1Br. The predicted octanol–water partition coefficient (Wildman–Crippen LogP) is 3.99. The molecule has 13 heavy (non-hydrogen) atoms. The van der Waals surface area contributed by atoms with E-state index >= 15 is 0 Å². The number of rotatable bonds is 1. The standard InChI is InChI=1S/C10H8BrFS/c11-9-4-3-8(7-10(9)12)13-5-1-2-6-13/h1-7,13H. The lowest BCUT2D eigenvalue weighted by Gasteiger charge is -2.10. The van der Waals surface area contributed by atoms with Crippen LogP contribution in [0.5, 0.6) is 0 Å². The molecule has 2 rings (SSSR count). The van der Waals surface area contributed by atoms with Gasteiger partial charge in [-0.2, -0.15) is 10.9 Å². The van der Waals surface area contributed by atoms with Gasteiger partial charge < -0.3 is 0 Å². The van der Waals surface area contributed by atoms with Gasteiger partial charge in [0.2, 0.25) is 0 Å². The molecule has 0 saturated heterocycles. The molecule has 0 nitrogen and oxygen atoms in total. The molecule has 0 radical (unpaired) electrons. The van der Waals surface area contributed by atoms with Crippen LogP contribution in [0, 0.1) is 5.82 Å². The van der Waals surface area contributed by atoms with Crippen LogP contribution in [-0.4, -0.2) is 0 Å². The molecule has 68 valence electrons. The van der Waals surface area contributed by atoms with E-state index in [-0.39, 0.29) is 5.82 Å². The lowest BCUT2D eigenvalue weighted by Crippen LogP contribution is -1.80. The van der Waals surface area contributed by atoms with E-state index in [0.29, 0.717) is 4.47 Å². The van der Waals surface area contributed by atoms with E-state index in [4.69, 9.17) is 0 Å². The van der Waals surface area contributed by atoms with Crippen LogP contribution in [0.4, 0.5) is 4.39 Å². The summed E-state index contributed by atoms with van der Waals surface area (Å²) in [5, 5.41) is 4.22. The highest BCUT2D eigenvalue weighted by atomic mass is 79.9. The average Bonchev–Trinajstić information content (AvgIpc) is 2.62. The number of thiol groups is 1. The largest absolute Gasteiger partial charge is 0.206 e. The first-order chi connectivity index (χ1) is 6.27. The molecule has 0 N–H and O–H groups in total. The third-order valence-corrected chi connectivity index (χ3v) is 4.31. The minimum Gasteiger partial charge on any atom is -0.206 e. The van der Waals surface area contributed by atoms with Crippen LogP contribution in [0.25, 0.3) is 0 Å². The van der Waals surface area contributed by atoms with Gasteiger partial charge in [0.15, 0.2) is 0 Å². The highest BCUT2D eigenvalue weighted by Crippen LogP contribution is 2.42. The minimum absolute atomic E-state index is 0.186. The van der Waals surface area contributed by atoms with Crippen LogP contribution in [0.2, 0.25) is 0 Å². The van der Waals surface area contributed by atoms with Crippen LogP contribution in [0.3, 0.4) is 0 Å². The predicted molar refractivity (Wildman–Crippen MR) is 59.6 cm³/mol. The van der Waals surface area contributed by atoms with Gasteiger partial charge in [-0.15, -0.1) is 0 Å². The Labute approximate surface area is 87.6 Å². The zero-order valence-electron chi connectivity index (χ0n) is 6.74. The second-order valence-electron chi connectivity index (χ2n) is 2.69. The Bertz CT molecular complexity index is 373. The number of halogens is 2. The first-order valence-corrected chi connectivity index (χ1v) is 6.13. The van der Waals surface area contributed by atoms with Crippen molar-refractivity contribution in [3.63, 3.8) is 0 Å². The fraction of sp³-hybridized carbons (Fsp3) is 0. The molecule has 0 unspecified atom stereocenters. The van der Waals surface area contributed by atoms with Gasteiger partial charge in [-0.05, 0) is 49.8 Å². The maximum absolute atomic E-state index is 13.1. The van der Waals surface area contributed by atoms with Crippen molar-refractivity contribution in [3.05, 3.63) is 51.5 Å². The maximum Gasteiger partial charge on any atom is 0.138 e. The molecule has 0 amide bonds. The molecular weight excluding hydrogens is 251 g/mol. The summed E-state index contributed by atoms with van der Waals surface area (Å²) in [6.45, 7) is 0. The molecule has 0 fully saturated rings. The van der Waals surface area contributed by atoms with Gasteiger partial charge in [0.05, 0.1) is 4.47 Å². The Hall–Kier alpha value is -0.540. The molecule has 0 atom stereocenters. The Morgan fingerprint density at radius 1 is 1.15 bits per heavy atom. The molecule has 1 aromatic carbocycles. The molecule has 0 aliphatic carbocycles. The van der Waals surface area contributed by atoms with E-state index in [0.717, 1.165) is 4.90 Å². The summed E-state index contributed by atoms with van der Waals surface area (Å²) in [6.07, 6.45) is 4.01. The Morgan fingerprint density at radius 2 is 1.85 bits per heavy atom. The van der Waals surface area contributed by atoms with Crippen molar-refractivity contribution in [2.75, 3.05) is 0 Å². The van der Waals surface area contributed by atoms with Gasteiger partial charge in [0.25, 0.3) is 0 Å². The highest BCUT2D eigenvalue weighted by molar-refractivity contribution is 9.10. The van der Waals surface area contributed by atoms with Crippen molar-refractivity contribution in [1.82, 2.24) is 0 Å². The fourth-order valence-electron chi connectivity index (χ4n) is 1.15. The first kappa shape index (κ1) is 9.03. The van der Waals surface area contributed by atoms with Crippen molar-refractivity contribution < 1.29 is 4.39 Å². The topological polar surface area (TPSA) is 0 Å². The maximum atomic E-state index is 13.1. The second kappa shape index (κ2) is 3.68. The quantitative estimate of drug-likeness (QED) is 0.724. The summed E-state index contributed by atoms with van der Waals surface area (Å²) in [5.41, 5.74) is 0. The molecule has 1 heterocycles. The normalized spacial score (nSPS) is 16.9. The lowest BCUT2D eigenvalue weighted by molar-refractivity contribution is 0.617. The minimum atomic E-state index is -0.391. The van der Waals surface area contributed by atoms with Gasteiger partial charge in [-0.25, -0.2) is 4.39 Å². The third kappa shape index (κ3) is 1.86. The van der Waals surface area contributed by atoms with Crippen molar-refractivity contribution in [3.8, 4) is 0 Å². The van der Waals surface area contributed by atoms with Crippen LogP contribution >= 0.6 is 26.8 Å². The monoisotopic (exact) mass is 258 g/mol. The van der Waals surface area contributed by atoms with E-state index in [1.54, 1.807) is 12.1 Å². The van der Waals surface area contributed by atoms with E-state index in [9.17, 15) is 4.39 Å². The van der Waals surface area contributed by atoms with Gasteiger partial charge in [-0.3, -0.25) is 0 Å². The van der Waals surface area contributed by atoms with Crippen LogP contribution in [0.15, 0.2) is 50.5 Å². The van der Waals surface area contributed by atoms with Crippen molar-refractivity contribution >= 4 is 26.8 Å². The Balaban J connectivity index is 2.36. The summed E-state index contributed by atoms with van der Waals surface area (Å²) in [6, 6.07) is 5.31. The highest BCUT2D eigenvalue weighted by Gasteiger charge is 2.05. The summed E-state index contributed by atoms with van der Waals surface area (Å²) in [4.78, 5) is 1.06.